The molecule has 1 saturated carbocycles. The van der Waals surface area contributed by atoms with Gasteiger partial charge in [-0.05, 0) is 25.2 Å². The number of anilines is 1. The summed E-state index contributed by atoms with van der Waals surface area (Å²) in [6, 6.07) is -0.437. The molecule has 2 heterocycles. The van der Waals surface area contributed by atoms with Gasteiger partial charge in [-0.25, -0.2) is 4.79 Å². The van der Waals surface area contributed by atoms with Crippen molar-refractivity contribution in [3.63, 3.8) is 0 Å². The lowest BCUT2D eigenvalue weighted by Gasteiger charge is -2.29. The van der Waals surface area contributed by atoms with E-state index in [1.807, 2.05) is 13.2 Å². The molecule has 0 aromatic carbocycles. The summed E-state index contributed by atoms with van der Waals surface area (Å²) in [5.41, 5.74) is 0.783. The van der Waals surface area contributed by atoms with Crippen molar-refractivity contribution in [1.29, 1.82) is 0 Å². The maximum absolute atomic E-state index is 12.5. The van der Waals surface area contributed by atoms with Crippen LogP contribution in [0, 0.1) is 5.92 Å². The van der Waals surface area contributed by atoms with Gasteiger partial charge in [0.15, 0.2) is 0 Å². The topological polar surface area (TPSA) is 79.3 Å². The second-order valence-corrected chi connectivity index (χ2v) is 6.96. The lowest BCUT2D eigenvalue weighted by atomic mass is 9.84. The quantitative estimate of drug-likeness (QED) is 0.882. The fourth-order valence-corrected chi connectivity index (χ4v) is 3.80. The van der Waals surface area contributed by atoms with Gasteiger partial charge < -0.3 is 15.5 Å². The van der Waals surface area contributed by atoms with Crippen molar-refractivity contribution in [2.24, 2.45) is 13.0 Å². The van der Waals surface area contributed by atoms with Crippen LogP contribution in [-0.2, 0) is 11.8 Å². The van der Waals surface area contributed by atoms with Gasteiger partial charge >= 0.3 is 6.03 Å². The van der Waals surface area contributed by atoms with Crippen LogP contribution in [0.25, 0.3) is 0 Å². The number of aryl methyl sites for hydroxylation is 1. The number of nitrogens with zero attached hydrogens (tertiary/aromatic N) is 3. The average Bonchev–Trinajstić information content (AvgIpc) is 3.14. The van der Waals surface area contributed by atoms with Crippen LogP contribution in [0.1, 0.15) is 45.4 Å². The van der Waals surface area contributed by atoms with E-state index in [9.17, 15) is 9.59 Å². The minimum atomic E-state index is -0.448. The minimum absolute atomic E-state index is 0.0618. The molecule has 0 radical (unpaired) electrons. The Morgan fingerprint density at radius 1 is 1.33 bits per heavy atom. The Morgan fingerprint density at radius 3 is 2.88 bits per heavy atom. The molecule has 1 aliphatic heterocycles. The van der Waals surface area contributed by atoms with Gasteiger partial charge in [0, 0.05) is 25.8 Å². The molecular formula is C17H27N5O2. The van der Waals surface area contributed by atoms with Gasteiger partial charge in [0.05, 0.1) is 11.9 Å². The predicted molar refractivity (Wildman–Crippen MR) is 91.7 cm³/mol. The number of amides is 3. The molecule has 2 fully saturated rings. The Balaban J connectivity index is 1.51. The molecule has 1 aromatic rings. The van der Waals surface area contributed by atoms with Crippen molar-refractivity contribution in [2.45, 2.75) is 57.5 Å². The maximum Gasteiger partial charge on any atom is 0.315 e. The Bertz CT molecular complexity index is 600. The molecular weight excluding hydrogens is 306 g/mol. The number of nitrogens with one attached hydrogen (secondary N) is 2. The summed E-state index contributed by atoms with van der Waals surface area (Å²) >= 11 is 0. The van der Waals surface area contributed by atoms with Crippen LogP contribution < -0.4 is 15.5 Å². The van der Waals surface area contributed by atoms with Crippen molar-refractivity contribution < 1.29 is 9.59 Å². The molecule has 1 aliphatic carbocycles. The Kier molecular flexibility index (Phi) is 5.06. The first-order valence-electron chi connectivity index (χ1n) is 8.94. The Hall–Kier alpha value is -2.05. The molecule has 0 spiro atoms. The zero-order chi connectivity index (χ0) is 17.1. The highest BCUT2D eigenvalue weighted by Gasteiger charge is 2.34. The highest BCUT2D eigenvalue weighted by Crippen LogP contribution is 2.26. The van der Waals surface area contributed by atoms with Crippen molar-refractivity contribution >= 4 is 17.6 Å². The fraction of sp³-hybridized carbons (Fsp3) is 0.706. The number of carbonyl (C=O) groups is 2. The molecule has 3 rings (SSSR count). The van der Waals surface area contributed by atoms with Gasteiger partial charge in [0.1, 0.15) is 6.04 Å². The molecule has 132 valence electrons. The van der Waals surface area contributed by atoms with Gasteiger partial charge in [-0.2, -0.15) is 5.10 Å². The number of carbonyl (C=O) groups excluding carboxylic acids is 2. The zero-order valence-electron chi connectivity index (χ0n) is 14.5. The van der Waals surface area contributed by atoms with Crippen molar-refractivity contribution in [3.8, 4) is 0 Å². The van der Waals surface area contributed by atoms with Crippen LogP contribution in [0.4, 0.5) is 10.5 Å². The van der Waals surface area contributed by atoms with Gasteiger partial charge in [-0.15, -0.1) is 0 Å². The Labute approximate surface area is 142 Å². The van der Waals surface area contributed by atoms with E-state index in [4.69, 9.17) is 0 Å². The molecule has 3 atom stereocenters. The predicted octanol–water partition coefficient (Wildman–Crippen LogP) is 1.79. The van der Waals surface area contributed by atoms with Crippen LogP contribution in [0.15, 0.2) is 12.4 Å². The number of hydrogen-bond acceptors (Lipinski definition) is 3. The van der Waals surface area contributed by atoms with Crippen LogP contribution in [-0.4, -0.2) is 40.3 Å². The summed E-state index contributed by atoms with van der Waals surface area (Å²) in [5.74, 6) is 0.645. The second-order valence-electron chi connectivity index (χ2n) is 6.96. The standard InChI is InChI=1S/C17H27N5O2/c1-3-12-5-4-6-13(9-12)19-17(24)20-15-7-8-22(16(15)23)14-10-18-21(2)11-14/h10-13,15H,3-9H2,1-2H3,(H2,19,20,24)/t12-,13-,15-/m1/s1. The number of hydrogen-bond donors (Lipinski definition) is 2. The first kappa shape index (κ1) is 16.8. The first-order chi connectivity index (χ1) is 11.6. The largest absolute Gasteiger partial charge is 0.335 e. The molecule has 1 saturated heterocycles. The third kappa shape index (κ3) is 3.71. The SMILES string of the molecule is CC[C@@H]1CCC[C@@H](NC(=O)N[C@@H]2CCN(c3cnn(C)c3)C2=O)C1. The van der Waals surface area contributed by atoms with Crippen molar-refractivity contribution in [3.05, 3.63) is 12.4 Å². The Morgan fingerprint density at radius 2 is 2.17 bits per heavy atom. The molecule has 0 unspecified atom stereocenters. The summed E-state index contributed by atoms with van der Waals surface area (Å²) < 4.78 is 1.67. The monoisotopic (exact) mass is 333 g/mol. The highest BCUT2D eigenvalue weighted by molar-refractivity contribution is 6.01. The van der Waals surface area contributed by atoms with E-state index >= 15 is 0 Å². The highest BCUT2D eigenvalue weighted by atomic mass is 16.2. The fourth-order valence-electron chi connectivity index (χ4n) is 3.80. The smallest absolute Gasteiger partial charge is 0.315 e. The normalized spacial score (nSPS) is 27.3. The van der Waals surface area contributed by atoms with Gasteiger partial charge in [0.25, 0.3) is 0 Å². The molecule has 2 aliphatic rings. The number of rotatable bonds is 4. The molecule has 7 nitrogen and oxygen atoms in total. The van der Waals surface area contributed by atoms with Crippen LogP contribution >= 0.6 is 0 Å². The van der Waals surface area contributed by atoms with Crippen LogP contribution in [0.2, 0.25) is 0 Å². The van der Waals surface area contributed by atoms with Crippen LogP contribution in [0.3, 0.4) is 0 Å². The summed E-state index contributed by atoms with van der Waals surface area (Å²) in [6.07, 6.45) is 9.79. The van der Waals surface area contributed by atoms with E-state index < -0.39 is 6.04 Å². The van der Waals surface area contributed by atoms with E-state index in [-0.39, 0.29) is 18.0 Å². The lowest BCUT2D eigenvalue weighted by Crippen LogP contribution is -2.49. The molecule has 1 aromatic heterocycles. The summed E-state index contributed by atoms with van der Waals surface area (Å²) in [5, 5.41) is 10.00. The number of urea groups is 1. The van der Waals surface area contributed by atoms with E-state index in [0.717, 1.165) is 18.5 Å². The summed E-state index contributed by atoms with van der Waals surface area (Å²) in [7, 11) is 1.82. The minimum Gasteiger partial charge on any atom is -0.335 e. The molecule has 7 heteroatoms. The average molecular weight is 333 g/mol. The lowest BCUT2D eigenvalue weighted by molar-refractivity contribution is -0.118. The van der Waals surface area contributed by atoms with Crippen molar-refractivity contribution in [1.82, 2.24) is 20.4 Å². The number of aromatic nitrogens is 2. The third-order valence-electron chi connectivity index (χ3n) is 5.21. The molecule has 3 amide bonds. The summed E-state index contributed by atoms with van der Waals surface area (Å²) in [6.45, 7) is 2.81. The molecule has 0 bridgehead atoms. The van der Waals surface area contributed by atoms with Crippen molar-refractivity contribution in [2.75, 3.05) is 11.4 Å². The zero-order valence-corrected chi connectivity index (χ0v) is 14.5. The second kappa shape index (κ2) is 7.23. The van der Waals surface area contributed by atoms with E-state index in [0.29, 0.717) is 18.9 Å². The van der Waals surface area contributed by atoms with E-state index in [2.05, 4.69) is 22.7 Å². The van der Waals surface area contributed by atoms with Gasteiger partial charge in [-0.1, -0.05) is 26.2 Å². The van der Waals surface area contributed by atoms with E-state index in [1.165, 1.54) is 19.3 Å². The molecule has 24 heavy (non-hydrogen) atoms. The third-order valence-corrected chi connectivity index (χ3v) is 5.21. The first-order valence-corrected chi connectivity index (χ1v) is 8.94. The molecule has 2 N–H and O–H groups in total. The van der Waals surface area contributed by atoms with E-state index in [1.54, 1.807) is 15.8 Å². The van der Waals surface area contributed by atoms with Gasteiger partial charge in [-0.3, -0.25) is 9.48 Å². The maximum atomic E-state index is 12.5. The van der Waals surface area contributed by atoms with Gasteiger partial charge in [0.2, 0.25) is 5.91 Å². The van der Waals surface area contributed by atoms with Crippen LogP contribution in [0.5, 0.6) is 0 Å². The summed E-state index contributed by atoms with van der Waals surface area (Å²) in [4.78, 5) is 26.4.